The number of ether oxygens (including phenoxy) is 1. The summed E-state index contributed by atoms with van der Waals surface area (Å²) >= 11 is 5.92. The van der Waals surface area contributed by atoms with Gasteiger partial charge in [-0.2, -0.15) is 4.98 Å². The fourth-order valence-corrected chi connectivity index (χ4v) is 5.59. The molecule has 0 saturated carbocycles. The van der Waals surface area contributed by atoms with E-state index in [-0.39, 0.29) is 54.8 Å². The van der Waals surface area contributed by atoms with Gasteiger partial charge in [0.25, 0.3) is 17.4 Å². The van der Waals surface area contributed by atoms with Gasteiger partial charge in [-0.05, 0) is 35.9 Å². The lowest BCUT2D eigenvalue weighted by Crippen LogP contribution is -2.43. The molecule has 1 aliphatic heterocycles. The summed E-state index contributed by atoms with van der Waals surface area (Å²) in [6.07, 6.45) is -0.888. The zero-order valence-corrected chi connectivity index (χ0v) is 26.3. The lowest BCUT2D eigenvalue weighted by atomic mass is 10.1. The van der Waals surface area contributed by atoms with Gasteiger partial charge in [-0.3, -0.25) is 28.4 Å². The molecule has 0 saturated heterocycles. The summed E-state index contributed by atoms with van der Waals surface area (Å²) in [6.45, 7) is 6.18. The molecule has 2 aromatic heterocycles. The highest BCUT2D eigenvalue weighted by atomic mass is 35.5. The van der Waals surface area contributed by atoms with Gasteiger partial charge in [-0.15, -0.1) is 0 Å². The Morgan fingerprint density at radius 1 is 0.955 bits per heavy atom. The molecule has 0 aliphatic carbocycles. The second-order valence-electron chi connectivity index (χ2n) is 11.7. The normalized spacial score (nSPS) is 13.9. The first-order chi connectivity index (χ1) is 20.9. The molecule has 0 fully saturated rings. The van der Waals surface area contributed by atoms with Crippen LogP contribution >= 0.6 is 11.6 Å². The lowest BCUT2D eigenvalue weighted by molar-refractivity contribution is 0.0608. The van der Waals surface area contributed by atoms with Gasteiger partial charge in [0.15, 0.2) is 5.82 Å². The van der Waals surface area contributed by atoms with Crippen LogP contribution in [0.15, 0.2) is 68.7 Å². The van der Waals surface area contributed by atoms with Crippen molar-refractivity contribution in [3.63, 3.8) is 0 Å². The molecule has 44 heavy (non-hydrogen) atoms. The second kappa shape index (κ2) is 12.8. The third-order valence-corrected chi connectivity index (χ3v) is 9.17. The van der Waals surface area contributed by atoms with Crippen molar-refractivity contribution >= 4 is 31.5 Å². The van der Waals surface area contributed by atoms with Crippen molar-refractivity contribution in [3.05, 3.63) is 115 Å². The largest absolute Gasteiger partial charge is 0.388 e. The van der Waals surface area contributed by atoms with E-state index in [0.717, 1.165) is 15.5 Å². The number of nitrogens with zero attached hydrogens (tertiary/aromatic N) is 5. The lowest BCUT2D eigenvalue weighted by Gasteiger charge is -2.20. The minimum absolute atomic E-state index is 0.0122. The number of amides is 2. The molecule has 0 bridgehead atoms. The number of imide groups is 1. The Balaban J connectivity index is 1.39. The summed E-state index contributed by atoms with van der Waals surface area (Å²) < 4.78 is 13.3. The van der Waals surface area contributed by atoms with Crippen LogP contribution in [0.5, 0.6) is 0 Å². The fourth-order valence-electron chi connectivity index (χ4n) is 4.70. The van der Waals surface area contributed by atoms with Crippen molar-refractivity contribution < 1.29 is 24.0 Å². The Morgan fingerprint density at radius 3 is 2.25 bits per heavy atom. The van der Waals surface area contributed by atoms with Gasteiger partial charge in [-0.1, -0.05) is 60.7 Å². The summed E-state index contributed by atoms with van der Waals surface area (Å²) in [6, 6.07) is 15.2. The van der Waals surface area contributed by atoms with Crippen LogP contribution in [0.1, 0.15) is 49.8 Å². The van der Waals surface area contributed by atoms with E-state index < -0.39 is 37.2 Å². The third-order valence-electron chi connectivity index (χ3n) is 7.21. The molecule has 1 atom stereocenters. The molecule has 14 heteroatoms. The molecule has 2 amide bonds. The van der Waals surface area contributed by atoms with Gasteiger partial charge in [0.2, 0.25) is 5.89 Å². The highest BCUT2D eigenvalue weighted by molar-refractivity contribution is 6.76. The topological polar surface area (TPSA) is 150 Å². The van der Waals surface area contributed by atoms with Crippen molar-refractivity contribution in [1.82, 2.24) is 24.2 Å². The van der Waals surface area contributed by atoms with Gasteiger partial charge in [0.05, 0.1) is 29.5 Å². The first-order valence-electron chi connectivity index (χ1n) is 14.0. The van der Waals surface area contributed by atoms with Gasteiger partial charge >= 0.3 is 5.69 Å². The van der Waals surface area contributed by atoms with Crippen LogP contribution in [-0.2, 0) is 31.0 Å². The molecule has 12 nitrogen and oxygen atoms in total. The van der Waals surface area contributed by atoms with Crippen LogP contribution in [0.4, 0.5) is 0 Å². The molecular formula is C30H32ClN5O7Si. The molecule has 5 rings (SSSR count). The summed E-state index contributed by atoms with van der Waals surface area (Å²) in [4.78, 5) is 58.2. The Kier molecular flexibility index (Phi) is 9.11. The van der Waals surface area contributed by atoms with Gasteiger partial charge in [0, 0.05) is 32.2 Å². The zero-order chi connectivity index (χ0) is 31.6. The Morgan fingerprint density at radius 2 is 1.61 bits per heavy atom. The maximum atomic E-state index is 13.7. The second-order valence-corrected chi connectivity index (χ2v) is 17.8. The Bertz CT molecular complexity index is 1770. The molecule has 3 heterocycles. The number of aliphatic hydroxyl groups is 1. The van der Waals surface area contributed by atoms with Crippen molar-refractivity contribution in [2.45, 2.75) is 58.0 Å². The number of aliphatic hydroxyl groups excluding tert-OH is 1. The Labute approximate surface area is 258 Å². The maximum Gasteiger partial charge on any atom is 0.333 e. The minimum Gasteiger partial charge on any atom is -0.388 e. The van der Waals surface area contributed by atoms with E-state index in [4.69, 9.17) is 20.9 Å². The molecule has 1 aliphatic rings. The highest BCUT2D eigenvalue weighted by Gasteiger charge is 2.36. The van der Waals surface area contributed by atoms with Gasteiger partial charge < -0.3 is 14.4 Å². The zero-order valence-electron chi connectivity index (χ0n) is 24.5. The van der Waals surface area contributed by atoms with Crippen molar-refractivity contribution in [3.8, 4) is 0 Å². The van der Waals surface area contributed by atoms with Crippen LogP contribution in [0.25, 0.3) is 0 Å². The van der Waals surface area contributed by atoms with Crippen molar-refractivity contribution in [2.75, 3.05) is 6.61 Å². The van der Waals surface area contributed by atoms with Crippen LogP contribution in [-0.4, -0.2) is 55.8 Å². The Hall–Kier alpha value is -4.17. The quantitative estimate of drug-likeness (QED) is 0.140. The van der Waals surface area contributed by atoms with E-state index in [0.29, 0.717) is 17.2 Å². The monoisotopic (exact) mass is 637 g/mol. The van der Waals surface area contributed by atoms with Crippen LogP contribution in [0, 0.1) is 0 Å². The molecule has 0 radical (unpaired) electrons. The predicted molar refractivity (Wildman–Crippen MR) is 163 cm³/mol. The average Bonchev–Trinajstić information content (AvgIpc) is 3.52. The number of rotatable bonds is 12. The summed E-state index contributed by atoms with van der Waals surface area (Å²) in [7, 11) is -1.43. The van der Waals surface area contributed by atoms with Crippen LogP contribution in [0.2, 0.25) is 30.7 Å². The number of benzene rings is 2. The number of carbonyl (C=O) groups is 2. The van der Waals surface area contributed by atoms with E-state index in [1.165, 1.54) is 10.6 Å². The number of carbonyl (C=O) groups excluding carboxylic acids is 2. The summed E-state index contributed by atoms with van der Waals surface area (Å²) in [5, 5.41) is 15.0. The molecule has 1 N–H and O–H groups in total. The molecule has 0 unspecified atom stereocenters. The predicted octanol–water partition coefficient (Wildman–Crippen LogP) is 3.48. The smallest absolute Gasteiger partial charge is 0.333 e. The number of hydrogen-bond acceptors (Lipinski definition) is 9. The fraction of sp³-hybridized carbons (Fsp3) is 0.333. The standard InChI is InChI=1S/C30H32ClN5O7Si/c1-44(2,3)13-12-42-18-36-21(16-35-28(39)22-6-4-5-7-23(22)29(35)40)14-27(38)34(30(36)41)17-26-32-25(33-43-26)15-24(37)19-8-10-20(31)11-9-19/h4-11,14,24,37H,12-13,15-18H2,1-3H3/t24-/m0/s1. The number of hydrogen-bond donors (Lipinski definition) is 1. The SMILES string of the molecule is C[Si](C)(C)CCOCn1c(CN2C(=O)c3ccccc3C2=O)cc(=O)n(Cc2nc(C[C@H](O)c3ccc(Cl)cc3)no2)c1=O. The highest BCUT2D eigenvalue weighted by Crippen LogP contribution is 2.24. The van der Waals surface area contributed by atoms with E-state index in [9.17, 15) is 24.3 Å². The van der Waals surface area contributed by atoms with Gasteiger partial charge in [0.1, 0.15) is 13.3 Å². The van der Waals surface area contributed by atoms with E-state index in [2.05, 4.69) is 29.8 Å². The van der Waals surface area contributed by atoms with Crippen LogP contribution in [0.3, 0.4) is 0 Å². The van der Waals surface area contributed by atoms with E-state index in [1.807, 2.05) is 0 Å². The van der Waals surface area contributed by atoms with Crippen LogP contribution < -0.4 is 11.2 Å². The molecule has 230 valence electrons. The average molecular weight is 638 g/mol. The third kappa shape index (κ3) is 6.96. The minimum atomic E-state index is -1.43. The summed E-state index contributed by atoms with van der Waals surface area (Å²) in [5.74, 6) is -0.838. The first-order valence-corrected chi connectivity index (χ1v) is 18.1. The number of fused-ring (bicyclic) bond motifs is 1. The molecule has 2 aromatic carbocycles. The number of aromatic nitrogens is 4. The van der Waals surface area contributed by atoms with Crippen molar-refractivity contribution in [2.24, 2.45) is 0 Å². The van der Waals surface area contributed by atoms with Crippen molar-refractivity contribution in [1.29, 1.82) is 0 Å². The number of halogens is 1. The van der Waals surface area contributed by atoms with Gasteiger partial charge in [-0.25, -0.2) is 4.79 Å². The van der Waals surface area contributed by atoms with E-state index >= 15 is 0 Å². The summed E-state index contributed by atoms with van der Waals surface area (Å²) in [5.41, 5.74) is -0.114. The molecule has 0 spiro atoms. The molecular weight excluding hydrogens is 606 g/mol. The first kappa shape index (κ1) is 31.3. The molecule has 4 aromatic rings. The maximum absolute atomic E-state index is 13.7. The van der Waals surface area contributed by atoms with E-state index in [1.54, 1.807) is 48.5 Å².